The summed E-state index contributed by atoms with van der Waals surface area (Å²) >= 11 is 1.40. The highest BCUT2D eigenvalue weighted by Crippen LogP contribution is 2.18. The molecule has 0 atom stereocenters. The van der Waals surface area contributed by atoms with Crippen molar-refractivity contribution in [3.8, 4) is 5.06 Å². The quantitative estimate of drug-likeness (QED) is 0.500. The fourth-order valence-electron chi connectivity index (χ4n) is 0.591. The molecular formula is C8H8O2S. The van der Waals surface area contributed by atoms with Crippen molar-refractivity contribution < 1.29 is 9.53 Å². The topological polar surface area (TPSA) is 26.3 Å². The Bertz CT molecular complexity index is 249. The van der Waals surface area contributed by atoms with Gasteiger partial charge in [-0.3, -0.25) is 0 Å². The average Bonchev–Trinajstić information content (AvgIpc) is 2.40. The fraction of sp³-hybridized carbons (Fsp3) is 0.125. The van der Waals surface area contributed by atoms with Gasteiger partial charge in [-0.05, 0) is 24.4 Å². The first-order chi connectivity index (χ1) is 5.33. The Hall–Kier alpha value is -1.09. The van der Waals surface area contributed by atoms with Crippen LogP contribution in [0.3, 0.4) is 0 Å². The zero-order chi connectivity index (χ0) is 8.10. The maximum atomic E-state index is 10.8. The van der Waals surface area contributed by atoms with Crippen molar-refractivity contribution in [2.45, 2.75) is 6.92 Å². The van der Waals surface area contributed by atoms with Gasteiger partial charge in [0.25, 0.3) is 0 Å². The minimum absolute atomic E-state index is 0.324. The average molecular weight is 168 g/mol. The number of hydrogen-bond donors (Lipinski definition) is 0. The first kappa shape index (κ1) is 8.01. The van der Waals surface area contributed by atoms with E-state index in [1.165, 1.54) is 17.4 Å². The summed E-state index contributed by atoms with van der Waals surface area (Å²) in [4.78, 5) is 10.8. The Morgan fingerprint density at radius 3 is 3.09 bits per heavy atom. The number of carbonyl (C=O) groups is 1. The zero-order valence-electron chi connectivity index (χ0n) is 6.11. The highest BCUT2D eigenvalue weighted by Gasteiger charge is 1.98. The van der Waals surface area contributed by atoms with Crippen molar-refractivity contribution in [3.63, 3.8) is 0 Å². The molecule has 2 nitrogen and oxygen atoms in total. The molecule has 0 amide bonds. The zero-order valence-corrected chi connectivity index (χ0v) is 6.93. The van der Waals surface area contributed by atoms with Crippen LogP contribution in [0.1, 0.15) is 6.92 Å². The maximum Gasteiger partial charge on any atom is 0.336 e. The summed E-state index contributed by atoms with van der Waals surface area (Å²) in [6, 6.07) is 3.59. The first-order valence-corrected chi connectivity index (χ1v) is 4.09. The van der Waals surface area contributed by atoms with Gasteiger partial charge in [-0.2, -0.15) is 0 Å². The van der Waals surface area contributed by atoms with Gasteiger partial charge in [-0.1, -0.05) is 6.08 Å². The summed E-state index contributed by atoms with van der Waals surface area (Å²) in [5, 5.41) is 2.49. The molecule has 1 aromatic heterocycles. The molecule has 0 saturated heterocycles. The van der Waals surface area contributed by atoms with E-state index in [4.69, 9.17) is 4.74 Å². The molecule has 0 aliphatic rings. The molecule has 0 aromatic carbocycles. The summed E-state index contributed by atoms with van der Waals surface area (Å²) in [6.45, 7) is 1.77. The molecule has 0 aliphatic heterocycles. The van der Waals surface area contributed by atoms with Crippen molar-refractivity contribution in [2.75, 3.05) is 0 Å². The van der Waals surface area contributed by atoms with Gasteiger partial charge in [0, 0.05) is 6.08 Å². The number of esters is 1. The summed E-state index contributed by atoms with van der Waals surface area (Å²) in [5.74, 6) is -0.324. The highest BCUT2D eigenvalue weighted by atomic mass is 32.1. The summed E-state index contributed by atoms with van der Waals surface area (Å²) < 4.78 is 4.89. The second kappa shape index (κ2) is 3.93. The van der Waals surface area contributed by atoms with E-state index in [-0.39, 0.29) is 5.97 Å². The summed E-state index contributed by atoms with van der Waals surface area (Å²) in [7, 11) is 0. The van der Waals surface area contributed by atoms with E-state index in [2.05, 4.69) is 0 Å². The van der Waals surface area contributed by atoms with Gasteiger partial charge in [0.2, 0.25) is 0 Å². The molecule has 58 valence electrons. The molecule has 0 bridgehead atoms. The molecule has 0 unspecified atom stereocenters. The third kappa shape index (κ3) is 2.55. The Morgan fingerprint density at radius 1 is 1.73 bits per heavy atom. The number of carbonyl (C=O) groups excluding carboxylic acids is 1. The number of hydrogen-bond acceptors (Lipinski definition) is 3. The smallest absolute Gasteiger partial charge is 0.336 e. The lowest BCUT2D eigenvalue weighted by atomic mass is 10.5. The third-order valence-electron chi connectivity index (χ3n) is 0.999. The Balaban J connectivity index is 2.50. The number of thiophene rings is 1. The van der Waals surface area contributed by atoms with Crippen LogP contribution >= 0.6 is 11.3 Å². The van der Waals surface area contributed by atoms with Crippen molar-refractivity contribution >= 4 is 17.3 Å². The number of ether oxygens (including phenoxy) is 1. The van der Waals surface area contributed by atoms with E-state index in [0.29, 0.717) is 5.06 Å². The molecule has 0 fully saturated rings. The van der Waals surface area contributed by atoms with Crippen LogP contribution in [-0.2, 0) is 4.79 Å². The Morgan fingerprint density at radius 2 is 2.55 bits per heavy atom. The molecule has 0 N–H and O–H groups in total. The van der Waals surface area contributed by atoms with Gasteiger partial charge < -0.3 is 4.74 Å². The Labute approximate surface area is 69.1 Å². The summed E-state index contributed by atoms with van der Waals surface area (Å²) in [5.41, 5.74) is 0. The van der Waals surface area contributed by atoms with Gasteiger partial charge in [0.05, 0.1) is 0 Å². The maximum absolute atomic E-state index is 10.8. The van der Waals surface area contributed by atoms with Gasteiger partial charge in [0.15, 0.2) is 5.06 Å². The second-order valence-corrected chi connectivity index (χ2v) is 2.76. The third-order valence-corrected chi connectivity index (χ3v) is 1.74. The van der Waals surface area contributed by atoms with E-state index in [0.717, 1.165) is 0 Å². The number of rotatable bonds is 2. The van der Waals surface area contributed by atoms with E-state index >= 15 is 0 Å². The molecule has 1 rings (SSSR count). The standard InChI is InChI=1S/C8H8O2S/c1-2-4-7(9)10-8-5-3-6-11-8/h2-6H,1H3/b4-2+. The molecule has 0 radical (unpaired) electrons. The fourth-order valence-corrected chi connectivity index (χ4v) is 1.17. The lowest BCUT2D eigenvalue weighted by Gasteiger charge is -1.93. The van der Waals surface area contributed by atoms with Crippen LogP contribution in [-0.4, -0.2) is 5.97 Å². The van der Waals surface area contributed by atoms with Crippen LogP contribution < -0.4 is 4.74 Å². The van der Waals surface area contributed by atoms with E-state index in [9.17, 15) is 4.79 Å². The van der Waals surface area contributed by atoms with Crippen LogP contribution in [0.25, 0.3) is 0 Å². The molecule has 3 heteroatoms. The van der Waals surface area contributed by atoms with Crippen LogP contribution in [0.15, 0.2) is 29.7 Å². The predicted octanol–water partition coefficient (Wildman–Crippen LogP) is 2.23. The Kier molecular flexibility index (Phi) is 2.86. The van der Waals surface area contributed by atoms with Gasteiger partial charge in [-0.15, -0.1) is 11.3 Å². The summed E-state index contributed by atoms with van der Waals surface area (Å²) in [6.07, 6.45) is 3.04. The molecule has 11 heavy (non-hydrogen) atoms. The molecule has 0 saturated carbocycles. The van der Waals surface area contributed by atoms with Gasteiger partial charge >= 0.3 is 5.97 Å². The van der Waals surface area contributed by atoms with Crippen molar-refractivity contribution in [1.29, 1.82) is 0 Å². The van der Waals surface area contributed by atoms with Crippen LogP contribution in [0.5, 0.6) is 5.06 Å². The minimum atomic E-state index is -0.324. The lowest BCUT2D eigenvalue weighted by molar-refractivity contribution is -0.128. The molecule has 1 heterocycles. The minimum Gasteiger partial charge on any atom is -0.412 e. The van der Waals surface area contributed by atoms with E-state index < -0.39 is 0 Å². The van der Waals surface area contributed by atoms with E-state index in [1.807, 2.05) is 11.4 Å². The van der Waals surface area contributed by atoms with Crippen molar-refractivity contribution in [1.82, 2.24) is 0 Å². The monoisotopic (exact) mass is 168 g/mol. The molecule has 0 aliphatic carbocycles. The predicted molar refractivity (Wildman–Crippen MR) is 44.8 cm³/mol. The van der Waals surface area contributed by atoms with E-state index in [1.54, 1.807) is 19.1 Å². The molecule has 1 aromatic rings. The largest absolute Gasteiger partial charge is 0.412 e. The van der Waals surface area contributed by atoms with Crippen molar-refractivity contribution in [3.05, 3.63) is 29.7 Å². The van der Waals surface area contributed by atoms with Crippen LogP contribution in [0.4, 0.5) is 0 Å². The normalized spacial score (nSPS) is 10.3. The molecular weight excluding hydrogens is 160 g/mol. The van der Waals surface area contributed by atoms with Crippen LogP contribution in [0, 0.1) is 0 Å². The number of allylic oxidation sites excluding steroid dienone is 1. The highest BCUT2D eigenvalue weighted by molar-refractivity contribution is 7.11. The SMILES string of the molecule is C/C=C/C(=O)Oc1cccs1. The second-order valence-electron chi connectivity index (χ2n) is 1.85. The van der Waals surface area contributed by atoms with Crippen molar-refractivity contribution in [2.24, 2.45) is 0 Å². The first-order valence-electron chi connectivity index (χ1n) is 3.21. The molecule has 0 spiro atoms. The van der Waals surface area contributed by atoms with Gasteiger partial charge in [-0.25, -0.2) is 4.79 Å². The lowest BCUT2D eigenvalue weighted by Crippen LogP contribution is -2.01. The van der Waals surface area contributed by atoms with Gasteiger partial charge in [0.1, 0.15) is 0 Å². The van der Waals surface area contributed by atoms with Crippen LogP contribution in [0.2, 0.25) is 0 Å².